The molecule has 0 spiro atoms. The minimum Gasteiger partial charge on any atom is -0.492 e. The number of pyridine rings is 1. The number of nitrogens with zero attached hydrogens (tertiary/aromatic N) is 1. The van der Waals surface area contributed by atoms with Crippen molar-refractivity contribution in [3.05, 3.63) is 84.2 Å². The molecule has 0 unspecified atom stereocenters. The highest BCUT2D eigenvalue weighted by Gasteiger charge is 2.26. The van der Waals surface area contributed by atoms with Crippen LogP contribution in [-0.2, 0) is 21.1 Å². The van der Waals surface area contributed by atoms with Crippen LogP contribution < -0.4 is 10.1 Å². The SMILES string of the molecule is O=C(C=Cc1cccnc1)Nc1ccc(S(=O)(=O)c2cccc3c2OCC3)cc1. The number of benzene rings is 2. The molecule has 1 amide bonds. The molecule has 4 rings (SSSR count). The molecule has 0 radical (unpaired) electrons. The first-order chi connectivity index (χ1) is 14.0. The molecule has 2 heterocycles. The molecule has 1 aliphatic rings. The monoisotopic (exact) mass is 406 g/mol. The van der Waals surface area contributed by atoms with Crippen LogP contribution in [0.25, 0.3) is 6.08 Å². The Bertz CT molecular complexity index is 1170. The van der Waals surface area contributed by atoms with E-state index in [4.69, 9.17) is 4.74 Å². The molecule has 6 nitrogen and oxygen atoms in total. The zero-order valence-electron chi connectivity index (χ0n) is 15.4. The van der Waals surface area contributed by atoms with Gasteiger partial charge in [0.15, 0.2) is 0 Å². The van der Waals surface area contributed by atoms with Crippen LogP contribution in [0.15, 0.2) is 82.9 Å². The van der Waals surface area contributed by atoms with Gasteiger partial charge in [-0.15, -0.1) is 0 Å². The number of nitrogens with one attached hydrogen (secondary N) is 1. The van der Waals surface area contributed by atoms with Gasteiger partial charge in [-0.1, -0.05) is 18.2 Å². The van der Waals surface area contributed by atoms with Crippen molar-refractivity contribution in [2.75, 3.05) is 11.9 Å². The van der Waals surface area contributed by atoms with Crippen LogP contribution in [0.1, 0.15) is 11.1 Å². The number of carbonyl (C=O) groups is 1. The lowest BCUT2D eigenvalue weighted by molar-refractivity contribution is -0.111. The van der Waals surface area contributed by atoms with Crippen LogP contribution in [0.3, 0.4) is 0 Å². The van der Waals surface area contributed by atoms with Crippen molar-refractivity contribution in [1.82, 2.24) is 4.98 Å². The topological polar surface area (TPSA) is 85.4 Å². The average Bonchev–Trinajstić information content (AvgIpc) is 3.22. The van der Waals surface area contributed by atoms with Crippen molar-refractivity contribution in [2.45, 2.75) is 16.2 Å². The second-order valence-electron chi connectivity index (χ2n) is 6.48. The number of aromatic nitrogens is 1. The predicted octanol–water partition coefficient (Wildman–Crippen LogP) is 3.50. The van der Waals surface area contributed by atoms with Crippen LogP contribution >= 0.6 is 0 Å². The van der Waals surface area contributed by atoms with Crippen molar-refractivity contribution >= 4 is 27.5 Å². The number of para-hydroxylation sites is 1. The highest BCUT2D eigenvalue weighted by molar-refractivity contribution is 7.91. The van der Waals surface area contributed by atoms with Crippen molar-refractivity contribution in [1.29, 1.82) is 0 Å². The minimum atomic E-state index is -3.71. The van der Waals surface area contributed by atoms with Gasteiger partial charge in [-0.05, 0) is 53.6 Å². The summed E-state index contributed by atoms with van der Waals surface area (Å²) in [5.41, 5.74) is 2.20. The second-order valence-corrected chi connectivity index (χ2v) is 8.40. The van der Waals surface area contributed by atoms with E-state index >= 15 is 0 Å². The molecule has 0 fully saturated rings. The fourth-order valence-electron chi connectivity index (χ4n) is 3.07. The summed E-state index contributed by atoms with van der Waals surface area (Å²) in [4.78, 5) is 16.4. The number of carbonyl (C=O) groups excluding carboxylic acids is 1. The Morgan fingerprint density at radius 3 is 2.66 bits per heavy atom. The van der Waals surface area contributed by atoms with Crippen LogP contribution in [0.4, 0.5) is 5.69 Å². The average molecular weight is 406 g/mol. The quantitative estimate of drug-likeness (QED) is 0.656. The standard InChI is InChI=1S/C22H18N2O4S/c25-21(11-6-16-3-2-13-23-15-16)24-18-7-9-19(10-8-18)29(26,27)20-5-1-4-17-12-14-28-22(17)20/h1-11,13,15H,12,14H2,(H,24,25). The van der Waals surface area contributed by atoms with E-state index in [0.717, 1.165) is 11.1 Å². The fraction of sp³-hybridized carbons (Fsp3) is 0.0909. The van der Waals surface area contributed by atoms with E-state index in [1.807, 2.05) is 12.1 Å². The third-order valence-corrected chi connectivity index (χ3v) is 6.30. The molecule has 1 N–H and O–H groups in total. The maximum Gasteiger partial charge on any atom is 0.248 e. The Kier molecular flexibility index (Phi) is 5.14. The summed E-state index contributed by atoms with van der Waals surface area (Å²) >= 11 is 0. The first-order valence-corrected chi connectivity index (χ1v) is 10.5. The lowest BCUT2D eigenvalue weighted by Gasteiger charge is -2.10. The summed E-state index contributed by atoms with van der Waals surface area (Å²) in [7, 11) is -3.71. The molecule has 0 aliphatic carbocycles. The van der Waals surface area contributed by atoms with Crippen molar-refractivity contribution in [3.8, 4) is 5.75 Å². The molecule has 1 aromatic heterocycles. The highest BCUT2D eigenvalue weighted by Crippen LogP contribution is 2.36. The smallest absolute Gasteiger partial charge is 0.248 e. The van der Waals surface area contributed by atoms with E-state index in [1.165, 1.54) is 18.2 Å². The summed E-state index contributed by atoms with van der Waals surface area (Å²) in [5.74, 6) is 0.115. The number of anilines is 1. The predicted molar refractivity (Wildman–Crippen MR) is 109 cm³/mol. The van der Waals surface area contributed by atoms with Crippen LogP contribution in [0.5, 0.6) is 5.75 Å². The minimum absolute atomic E-state index is 0.144. The second kappa shape index (κ2) is 7.89. The summed E-state index contributed by atoms with van der Waals surface area (Å²) in [5, 5.41) is 2.71. The van der Waals surface area contributed by atoms with Gasteiger partial charge in [0.2, 0.25) is 15.7 Å². The van der Waals surface area contributed by atoms with Crippen molar-refractivity contribution < 1.29 is 17.9 Å². The summed E-state index contributed by atoms with van der Waals surface area (Å²) in [6.07, 6.45) is 7.05. The fourth-order valence-corrected chi connectivity index (χ4v) is 4.51. The zero-order valence-corrected chi connectivity index (χ0v) is 16.2. The van der Waals surface area contributed by atoms with Gasteiger partial charge < -0.3 is 10.1 Å². The van der Waals surface area contributed by atoms with E-state index < -0.39 is 9.84 Å². The number of rotatable bonds is 5. The molecule has 7 heteroatoms. The third kappa shape index (κ3) is 4.05. The lowest BCUT2D eigenvalue weighted by atomic mass is 10.2. The molecule has 29 heavy (non-hydrogen) atoms. The van der Waals surface area contributed by atoms with Gasteiger partial charge in [-0.25, -0.2) is 8.42 Å². The van der Waals surface area contributed by atoms with Gasteiger partial charge in [0.25, 0.3) is 0 Å². The normalized spacial score (nSPS) is 13.1. The van der Waals surface area contributed by atoms with Gasteiger partial charge >= 0.3 is 0 Å². The largest absolute Gasteiger partial charge is 0.492 e. The zero-order chi connectivity index (χ0) is 20.3. The molecule has 0 saturated heterocycles. The van der Waals surface area contributed by atoms with E-state index in [9.17, 15) is 13.2 Å². The van der Waals surface area contributed by atoms with Crippen molar-refractivity contribution in [3.63, 3.8) is 0 Å². The van der Waals surface area contributed by atoms with Gasteiger partial charge in [0, 0.05) is 30.6 Å². The van der Waals surface area contributed by atoms with Crippen LogP contribution in [-0.4, -0.2) is 25.9 Å². The number of hydrogen-bond acceptors (Lipinski definition) is 5. The molecule has 1 aliphatic heterocycles. The van der Waals surface area contributed by atoms with E-state index in [2.05, 4.69) is 10.3 Å². The van der Waals surface area contributed by atoms with E-state index in [0.29, 0.717) is 24.5 Å². The maximum atomic E-state index is 13.0. The number of sulfone groups is 1. The highest BCUT2D eigenvalue weighted by atomic mass is 32.2. The molecular weight excluding hydrogens is 388 g/mol. The molecule has 2 aromatic carbocycles. The summed E-state index contributed by atoms with van der Waals surface area (Å²) in [6.45, 7) is 0.486. The number of amides is 1. The van der Waals surface area contributed by atoms with Crippen LogP contribution in [0.2, 0.25) is 0 Å². The molecule has 0 bridgehead atoms. The Hall–Kier alpha value is -3.45. The summed E-state index contributed by atoms with van der Waals surface area (Å²) < 4.78 is 31.5. The van der Waals surface area contributed by atoms with Gasteiger partial charge in [0.05, 0.1) is 11.5 Å². The Morgan fingerprint density at radius 2 is 1.90 bits per heavy atom. The Labute approximate surface area is 168 Å². The maximum absolute atomic E-state index is 13.0. The van der Waals surface area contributed by atoms with Gasteiger partial charge in [-0.2, -0.15) is 0 Å². The first-order valence-electron chi connectivity index (χ1n) is 9.03. The number of ether oxygens (including phenoxy) is 1. The summed E-state index contributed by atoms with van der Waals surface area (Å²) in [6, 6.07) is 14.8. The molecule has 146 valence electrons. The Morgan fingerprint density at radius 1 is 1.07 bits per heavy atom. The van der Waals surface area contributed by atoms with E-state index in [1.54, 1.807) is 48.8 Å². The molecule has 0 atom stereocenters. The molecule has 0 saturated carbocycles. The third-order valence-electron chi connectivity index (χ3n) is 4.51. The number of fused-ring (bicyclic) bond motifs is 1. The van der Waals surface area contributed by atoms with Gasteiger partial charge in [-0.3, -0.25) is 9.78 Å². The first kappa shape index (κ1) is 18.9. The number of hydrogen-bond donors (Lipinski definition) is 1. The van der Waals surface area contributed by atoms with Gasteiger partial charge in [0.1, 0.15) is 10.6 Å². The lowest BCUT2D eigenvalue weighted by Crippen LogP contribution is -2.08. The van der Waals surface area contributed by atoms with E-state index in [-0.39, 0.29) is 15.7 Å². The van der Waals surface area contributed by atoms with Crippen LogP contribution in [0, 0.1) is 0 Å². The molecule has 3 aromatic rings. The Balaban J connectivity index is 1.50. The molecular formula is C22H18N2O4S. The van der Waals surface area contributed by atoms with Crippen molar-refractivity contribution in [2.24, 2.45) is 0 Å².